The van der Waals surface area contributed by atoms with Gasteiger partial charge in [0, 0.05) is 19.0 Å². The fourth-order valence-electron chi connectivity index (χ4n) is 2.04. The number of hydrogen-bond acceptors (Lipinski definition) is 3. The van der Waals surface area contributed by atoms with Gasteiger partial charge in [0.1, 0.15) is 0 Å². The SMILES string of the molecule is O=C(CCNC1CC1)N[C@H](CO)Cc1ccccc1. The fourth-order valence-corrected chi connectivity index (χ4v) is 2.04. The Bertz CT molecular complexity index is 390. The Kier molecular flexibility index (Phi) is 5.36. The van der Waals surface area contributed by atoms with Gasteiger partial charge in [-0.3, -0.25) is 4.79 Å². The van der Waals surface area contributed by atoms with Gasteiger partial charge in [-0.05, 0) is 24.8 Å². The molecule has 4 heteroatoms. The van der Waals surface area contributed by atoms with E-state index in [9.17, 15) is 9.90 Å². The third-order valence-electron chi connectivity index (χ3n) is 3.27. The second kappa shape index (κ2) is 7.26. The zero-order valence-electron chi connectivity index (χ0n) is 11.1. The molecule has 0 radical (unpaired) electrons. The number of rotatable bonds is 8. The predicted molar refractivity (Wildman–Crippen MR) is 74.8 cm³/mol. The van der Waals surface area contributed by atoms with Gasteiger partial charge in [0.05, 0.1) is 12.6 Å². The first-order valence-corrected chi connectivity index (χ1v) is 6.95. The smallest absolute Gasteiger partial charge is 0.221 e. The zero-order valence-corrected chi connectivity index (χ0v) is 11.1. The summed E-state index contributed by atoms with van der Waals surface area (Å²) < 4.78 is 0. The average molecular weight is 262 g/mol. The van der Waals surface area contributed by atoms with Gasteiger partial charge in [0.2, 0.25) is 5.91 Å². The summed E-state index contributed by atoms with van der Waals surface area (Å²) in [4.78, 5) is 11.7. The molecule has 1 aliphatic rings. The van der Waals surface area contributed by atoms with Crippen LogP contribution >= 0.6 is 0 Å². The first-order valence-electron chi connectivity index (χ1n) is 6.95. The van der Waals surface area contributed by atoms with E-state index >= 15 is 0 Å². The van der Waals surface area contributed by atoms with Crippen LogP contribution in [0.5, 0.6) is 0 Å². The number of hydrogen-bond donors (Lipinski definition) is 3. The number of nitrogens with one attached hydrogen (secondary N) is 2. The zero-order chi connectivity index (χ0) is 13.5. The number of aliphatic hydroxyl groups is 1. The van der Waals surface area contributed by atoms with Crippen molar-refractivity contribution >= 4 is 5.91 Å². The lowest BCUT2D eigenvalue weighted by molar-refractivity contribution is -0.122. The van der Waals surface area contributed by atoms with E-state index in [1.165, 1.54) is 12.8 Å². The van der Waals surface area contributed by atoms with Crippen LogP contribution in [0.2, 0.25) is 0 Å². The third-order valence-corrected chi connectivity index (χ3v) is 3.27. The number of aliphatic hydroxyl groups excluding tert-OH is 1. The summed E-state index contributed by atoms with van der Waals surface area (Å²) in [6.45, 7) is 0.691. The molecule has 1 aromatic rings. The van der Waals surface area contributed by atoms with Crippen molar-refractivity contribution in [2.24, 2.45) is 0 Å². The van der Waals surface area contributed by atoms with E-state index in [-0.39, 0.29) is 18.6 Å². The monoisotopic (exact) mass is 262 g/mol. The van der Waals surface area contributed by atoms with Crippen LogP contribution in [0.15, 0.2) is 30.3 Å². The van der Waals surface area contributed by atoms with Crippen molar-refractivity contribution in [3.05, 3.63) is 35.9 Å². The van der Waals surface area contributed by atoms with Crippen molar-refractivity contribution in [3.8, 4) is 0 Å². The first-order chi connectivity index (χ1) is 9.28. The van der Waals surface area contributed by atoms with Gasteiger partial charge in [-0.15, -0.1) is 0 Å². The maximum Gasteiger partial charge on any atom is 0.221 e. The average Bonchev–Trinajstić information content (AvgIpc) is 3.23. The molecular formula is C15H22N2O2. The van der Waals surface area contributed by atoms with Gasteiger partial charge in [0.25, 0.3) is 0 Å². The topological polar surface area (TPSA) is 61.4 Å². The molecule has 0 unspecified atom stereocenters. The van der Waals surface area contributed by atoms with Crippen molar-refractivity contribution in [2.75, 3.05) is 13.2 Å². The second-order valence-electron chi connectivity index (χ2n) is 5.12. The summed E-state index contributed by atoms with van der Waals surface area (Å²) in [7, 11) is 0. The van der Waals surface area contributed by atoms with E-state index in [0.717, 1.165) is 12.1 Å². The first kappa shape index (κ1) is 14.0. The molecule has 104 valence electrons. The number of carbonyl (C=O) groups excluding carboxylic acids is 1. The molecule has 4 nitrogen and oxygen atoms in total. The summed E-state index contributed by atoms with van der Waals surface area (Å²) in [5.74, 6) is 0.00290. The van der Waals surface area contributed by atoms with E-state index in [0.29, 0.717) is 18.9 Å². The summed E-state index contributed by atoms with van der Waals surface area (Å²) in [6, 6.07) is 10.3. The molecule has 0 saturated heterocycles. The Morgan fingerprint density at radius 2 is 2.05 bits per heavy atom. The minimum atomic E-state index is -0.198. The van der Waals surface area contributed by atoms with E-state index in [4.69, 9.17) is 0 Å². The molecule has 19 heavy (non-hydrogen) atoms. The minimum Gasteiger partial charge on any atom is -0.394 e. The van der Waals surface area contributed by atoms with Gasteiger partial charge < -0.3 is 15.7 Å². The van der Waals surface area contributed by atoms with Crippen LogP contribution in [0, 0.1) is 0 Å². The quantitative estimate of drug-likeness (QED) is 0.651. The standard InChI is InChI=1S/C15H22N2O2/c18-11-14(10-12-4-2-1-3-5-12)17-15(19)8-9-16-13-6-7-13/h1-5,13-14,16,18H,6-11H2,(H,17,19)/t14-/m0/s1. The fraction of sp³-hybridized carbons (Fsp3) is 0.533. The lowest BCUT2D eigenvalue weighted by Crippen LogP contribution is -2.40. The highest BCUT2D eigenvalue weighted by molar-refractivity contribution is 5.76. The summed E-state index contributed by atoms with van der Waals surface area (Å²) in [5.41, 5.74) is 1.12. The molecule has 1 aromatic carbocycles. The Balaban J connectivity index is 1.69. The highest BCUT2D eigenvalue weighted by Gasteiger charge is 2.20. The number of benzene rings is 1. The lowest BCUT2D eigenvalue weighted by Gasteiger charge is -2.16. The maximum atomic E-state index is 11.7. The number of amides is 1. The van der Waals surface area contributed by atoms with Crippen LogP contribution in [-0.4, -0.2) is 36.2 Å². The van der Waals surface area contributed by atoms with Crippen LogP contribution in [0.1, 0.15) is 24.8 Å². The lowest BCUT2D eigenvalue weighted by atomic mass is 10.1. The Labute approximate surface area is 114 Å². The molecule has 1 aliphatic carbocycles. The molecular weight excluding hydrogens is 240 g/mol. The van der Waals surface area contributed by atoms with Crippen molar-refractivity contribution in [3.63, 3.8) is 0 Å². The van der Waals surface area contributed by atoms with E-state index in [2.05, 4.69) is 10.6 Å². The van der Waals surface area contributed by atoms with Gasteiger partial charge in [-0.1, -0.05) is 30.3 Å². The van der Waals surface area contributed by atoms with Crippen LogP contribution in [0.3, 0.4) is 0 Å². The van der Waals surface area contributed by atoms with Gasteiger partial charge >= 0.3 is 0 Å². The van der Waals surface area contributed by atoms with Crippen molar-refractivity contribution in [1.82, 2.24) is 10.6 Å². The van der Waals surface area contributed by atoms with Gasteiger partial charge in [-0.25, -0.2) is 0 Å². The van der Waals surface area contributed by atoms with Crippen LogP contribution in [-0.2, 0) is 11.2 Å². The Morgan fingerprint density at radius 3 is 2.68 bits per heavy atom. The third kappa shape index (κ3) is 5.41. The molecule has 0 aromatic heterocycles. The molecule has 1 atom stereocenters. The predicted octanol–water partition coefficient (Wildman–Crippen LogP) is 0.848. The van der Waals surface area contributed by atoms with Gasteiger partial charge in [0.15, 0.2) is 0 Å². The van der Waals surface area contributed by atoms with Crippen LogP contribution in [0.25, 0.3) is 0 Å². The summed E-state index contributed by atoms with van der Waals surface area (Å²) >= 11 is 0. The van der Waals surface area contributed by atoms with E-state index in [1.54, 1.807) is 0 Å². The van der Waals surface area contributed by atoms with E-state index < -0.39 is 0 Å². The maximum absolute atomic E-state index is 11.7. The summed E-state index contributed by atoms with van der Waals surface area (Å²) in [6.07, 6.45) is 3.60. The number of carbonyl (C=O) groups is 1. The minimum absolute atomic E-state index is 0.00290. The van der Waals surface area contributed by atoms with Crippen molar-refractivity contribution < 1.29 is 9.90 Å². The second-order valence-corrected chi connectivity index (χ2v) is 5.12. The molecule has 0 aliphatic heterocycles. The van der Waals surface area contributed by atoms with Crippen molar-refractivity contribution in [1.29, 1.82) is 0 Å². The highest BCUT2D eigenvalue weighted by Crippen LogP contribution is 2.18. The normalized spacial score (nSPS) is 16.1. The largest absolute Gasteiger partial charge is 0.394 e. The Morgan fingerprint density at radius 1 is 1.32 bits per heavy atom. The molecule has 0 spiro atoms. The molecule has 1 saturated carbocycles. The van der Waals surface area contributed by atoms with Crippen molar-refractivity contribution in [2.45, 2.75) is 37.8 Å². The van der Waals surface area contributed by atoms with Gasteiger partial charge in [-0.2, -0.15) is 0 Å². The van der Waals surface area contributed by atoms with E-state index in [1.807, 2.05) is 30.3 Å². The molecule has 2 rings (SSSR count). The molecule has 0 bridgehead atoms. The summed E-state index contributed by atoms with van der Waals surface area (Å²) in [5, 5.41) is 15.5. The Hall–Kier alpha value is -1.39. The highest BCUT2D eigenvalue weighted by atomic mass is 16.3. The molecule has 0 heterocycles. The van der Waals surface area contributed by atoms with Crippen LogP contribution < -0.4 is 10.6 Å². The van der Waals surface area contributed by atoms with Crippen LogP contribution in [0.4, 0.5) is 0 Å². The molecule has 3 N–H and O–H groups in total. The molecule has 1 fully saturated rings. The molecule has 1 amide bonds.